The number of hydrogen-bond acceptors (Lipinski definition) is 5. The van der Waals surface area contributed by atoms with Gasteiger partial charge in [0.1, 0.15) is 5.69 Å². The summed E-state index contributed by atoms with van der Waals surface area (Å²) in [4.78, 5) is 10.4. The molecule has 0 saturated heterocycles. The summed E-state index contributed by atoms with van der Waals surface area (Å²) in [6, 6.07) is -0.200. The van der Waals surface area contributed by atoms with Gasteiger partial charge in [0.2, 0.25) is 5.82 Å². The Balaban J connectivity index is 3.07. The van der Waals surface area contributed by atoms with Crippen LogP contribution in [0.4, 0.5) is 11.5 Å². The molecule has 0 aliphatic heterocycles. The summed E-state index contributed by atoms with van der Waals surface area (Å²) in [5.41, 5.74) is 0.331. The normalized spacial score (nSPS) is 12.5. The summed E-state index contributed by atoms with van der Waals surface area (Å²) in [6.45, 7) is 3.41. The second-order valence-electron chi connectivity index (χ2n) is 3.60. The third kappa shape index (κ3) is 2.30. The van der Waals surface area contributed by atoms with Gasteiger partial charge in [0.15, 0.2) is 0 Å². The van der Waals surface area contributed by atoms with Crippen LogP contribution >= 0.6 is 0 Å². The summed E-state index contributed by atoms with van der Waals surface area (Å²) in [5.74, 6) is 0.336. The quantitative estimate of drug-likeness (QED) is 0.574. The molecule has 1 atom stereocenters. The lowest BCUT2D eigenvalue weighted by molar-refractivity contribution is -0.384. The summed E-state index contributed by atoms with van der Waals surface area (Å²) in [6.07, 6.45) is 0.678. The van der Waals surface area contributed by atoms with Crippen LogP contribution in [0.25, 0.3) is 0 Å². The first-order chi connectivity index (χ1) is 7.51. The fourth-order valence-corrected chi connectivity index (χ4v) is 1.50. The van der Waals surface area contributed by atoms with Gasteiger partial charge in [0.25, 0.3) is 0 Å². The highest BCUT2D eigenvalue weighted by atomic mass is 16.6. The first-order valence-corrected chi connectivity index (χ1v) is 5.06. The van der Waals surface area contributed by atoms with E-state index in [1.165, 1.54) is 4.68 Å². The number of nitrogens with zero attached hydrogens (tertiary/aromatic N) is 3. The summed E-state index contributed by atoms with van der Waals surface area (Å²) >= 11 is 0. The minimum absolute atomic E-state index is 0.0330. The second-order valence-corrected chi connectivity index (χ2v) is 3.60. The van der Waals surface area contributed by atoms with Gasteiger partial charge >= 0.3 is 5.69 Å². The number of aliphatic hydroxyl groups excluding tert-OH is 1. The molecule has 1 aromatic heterocycles. The zero-order valence-electron chi connectivity index (χ0n) is 9.60. The lowest BCUT2D eigenvalue weighted by Crippen LogP contribution is -2.24. The van der Waals surface area contributed by atoms with Crippen LogP contribution in [0, 0.1) is 17.0 Å². The Kier molecular flexibility index (Phi) is 3.83. The summed E-state index contributed by atoms with van der Waals surface area (Å²) in [7, 11) is 1.63. The Labute approximate surface area is 93.2 Å². The summed E-state index contributed by atoms with van der Waals surface area (Å²) in [5, 5.41) is 26.8. The molecular weight excluding hydrogens is 212 g/mol. The zero-order valence-corrected chi connectivity index (χ0v) is 9.60. The highest BCUT2D eigenvalue weighted by molar-refractivity contribution is 5.59. The van der Waals surface area contributed by atoms with Gasteiger partial charge in [-0.2, -0.15) is 5.10 Å². The zero-order chi connectivity index (χ0) is 12.3. The van der Waals surface area contributed by atoms with Crippen LogP contribution in [0.15, 0.2) is 0 Å². The Morgan fingerprint density at radius 3 is 2.75 bits per heavy atom. The monoisotopic (exact) mass is 228 g/mol. The Hall–Kier alpha value is -1.63. The molecule has 7 nitrogen and oxygen atoms in total. The molecule has 0 fully saturated rings. The van der Waals surface area contributed by atoms with Crippen LogP contribution in [-0.4, -0.2) is 32.5 Å². The minimum atomic E-state index is -0.464. The molecule has 1 unspecified atom stereocenters. The molecule has 0 radical (unpaired) electrons. The van der Waals surface area contributed by atoms with E-state index < -0.39 is 4.92 Å². The van der Waals surface area contributed by atoms with E-state index in [4.69, 9.17) is 5.11 Å². The third-order valence-electron chi connectivity index (χ3n) is 2.43. The average Bonchev–Trinajstić information content (AvgIpc) is 2.49. The minimum Gasteiger partial charge on any atom is -0.394 e. The van der Waals surface area contributed by atoms with Gasteiger partial charge in [-0.3, -0.25) is 10.1 Å². The van der Waals surface area contributed by atoms with Crippen molar-refractivity contribution in [1.82, 2.24) is 9.78 Å². The molecule has 2 N–H and O–H groups in total. The largest absolute Gasteiger partial charge is 0.394 e. The van der Waals surface area contributed by atoms with Crippen LogP contribution in [-0.2, 0) is 7.05 Å². The van der Waals surface area contributed by atoms with E-state index in [0.717, 1.165) is 0 Å². The van der Waals surface area contributed by atoms with E-state index >= 15 is 0 Å². The fraction of sp³-hybridized carbons (Fsp3) is 0.667. The van der Waals surface area contributed by atoms with Gasteiger partial charge in [-0.05, 0) is 13.3 Å². The van der Waals surface area contributed by atoms with Crippen LogP contribution in [0.2, 0.25) is 0 Å². The number of aromatic nitrogens is 2. The van der Waals surface area contributed by atoms with E-state index in [9.17, 15) is 10.1 Å². The van der Waals surface area contributed by atoms with E-state index in [1.807, 2.05) is 6.92 Å². The van der Waals surface area contributed by atoms with Crippen molar-refractivity contribution in [2.75, 3.05) is 11.9 Å². The van der Waals surface area contributed by atoms with Gasteiger partial charge in [0, 0.05) is 7.05 Å². The number of anilines is 1. The molecule has 16 heavy (non-hydrogen) atoms. The fourth-order valence-electron chi connectivity index (χ4n) is 1.50. The van der Waals surface area contributed by atoms with E-state index in [2.05, 4.69) is 10.4 Å². The van der Waals surface area contributed by atoms with Crippen LogP contribution in [0.3, 0.4) is 0 Å². The van der Waals surface area contributed by atoms with Crippen molar-refractivity contribution in [2.24, 2.45) is 7.05 Å². The molecule has 0 aliphatic carbocycles. The predicted octanol–water partition coefficient (Wildman–Crippen LogP) is 0.820. The lowest BCUT2D eigenvalue weighted by atomic mass is 10.2. The molecule has 0 bridgehead atoms. The smallest absolute Gasteiger partial charge is 0.333 e. The van der Waals surface area contributed by atoms with Crippen molar-refractivity contribution >= 4 is 11.5 Å². The first-order valence-electron chi connectivity index (χ1n) is 5.06. The second kappa shape index (κ2) is 4.93. The molecule has 0 amide bonds. The number of nitro groups is 1. The Morgan fingerprint density at radius 2 is 2.31 bits per heavy atom. The van der Waals surface area contributed by atoms with Gasteiger partial charge in [-0.25, -0.2) is 4.68 Å². The number of aryl methyl sites for hydroxylation is 2. The standard InChI is InChI=1S/C9H16N4O3/c1-4-7(5-14)10-9-8(13(15)16)6(2)11-12(9)3/h7,10,14H,4-5H2,1-3H3. The maximum Gasteiger partial charge on any atom is 0.333 e. The van der Waals surface area contributed by atoms with Gasteiger partial charge < -0.3 is 10.4 Å². The molecule has 0 saturated carbocycles. The molecule has 1 rings (SSSR count). The molecule has 90 valence electrons. The maximum atomic E-state index is 10.9. The van der Waals surface area contributed by atoms with Crippen LogP contribution in [0.1, 0.15) is 19.0 Å². The topological polar surface area (TPSA) is 93.2 Å². The highest BCUT2D eigenvalue weighted by Gasteiger charge is 2.25. The Bertz CT molecular complexity index is 384. The third-order valence-corrected chi connectivity index (χ3v) is 2.43. The number of aliphatic hydroxyl groups is 1. The SMILES string of the molecule is CCC(CO)Nc1c([N+](=O)[O-])c(C)nn1C. The van der Waals surface area contributed by atoms with Crippen molar-refractivity contribution in [3.05, 3.63) is 15.8 Å². The molecule has 7 heteroatoms. The average molecular weight is 228 g/mol. The molecule has 0 aromatic carbocycles. The van der Waals surface area contributed by atoms with Crippen molar-refractivity contribution < 1.29 is 10.0 Å². The number of nitrogens with one attached hydrogen (secondary N) is 1. The maximum absolute atomic E-state index is 10.9. The molecule has 1 heterocycles. The molecule has 0 spiro atoms. The Morgan fingerprint density at radius 1 is 1.69 bits per heavy atom. The van der Waals surface area contributed by atoms with Crippen molar-refractivity contribution in [1.29, 1.82) is 0 Å². The van der Waals surface area contributed by atoms with E-state index in [-0.39, 0.29) is 18.3 Å². The molecule has 0 aliphatic rings. The van der Waals surface area contributed by atoms with Crippen molar-refractivity contribution in [3.8, 4) is 0 Å². The lowest BCUT2D eigenvalue weighted by Gasteiger charge is -2.14. The highest BCUT2D eigenvalue weighted by Crippen LogP contribution is 2.27. The van der Waals surface area contributed by atoms with Crippen LogP contribution in [0.5, 0.6) is 0 Å². The van der Waals surface area contributed by atoms with E-state index in [1.54, 1.807) is 14.0 Å². The van der Waals surface area contributed by atoms with Crippen LogP contribution < -0.4 is 5.32 Å². The predicted molar refractivity (Wildman–Crippen MR) is 59.4 cm³/mol. The van der Waals surface area contributed by atoms with Gasteiger partial charge in [0.05, 0.1) is 17.6 Å². The number of hydrogen-bond donors (Lipinski definition) is 2. The van der Waals surface area contributed by atoms with E-state index in [0.29, 0.717) is 17.9 Å². The van der Waals surface area contributed by atoms with Crippen molar-refractivity contribution in [2.45, 2.75) is 26.3 Å². The number of rotatable bonds is 5. The summed E-state index contributed by atoms with van der Waals surface area (Å²) < 4.78 is 1.42. The van der Waals surface area contributed by atoms with Gasteiger partial charge in [-0.15, -0.1) is 0 Å². The first kappa shape index (κ1) is 12.4. The van der Waals surface area contributed by atoms with Gasteiger partial charge in [-0.1, -0.05) is 6.92 Å². The molecular formula is C9H16N4O3. The van der Waals surface area contributed by atoms with Crippen molar-refractivity contribution in [3.63, 3.8) is 0 Å². The molecule has 1 aromatic rings.